The van der Waals surface area contributed by atoms with E-state index in [4.69, 9.17) is 10.2 Å². The Kier molecular flexibility index (Phi) is 1.21. The van der Waals surface area contributed by atoms with Crippen molar-refractivity contribution in [1.29, 1.82) is 0 Å². The highest BCUT2D eigenvalue weighted by atomic mass is 16.5. The Balaban J connectivity index is 2.68. The van der Waals surface area contributed by atoms with Crippen LogP contribution in [0.1, 0.15) is 15.9 Å². The number of cyclic esters (lactones) is 1. The lowest BCUT2D eigenvalue weighted by atomic mass is 10.2. The fourth-order valence-electron chi connectivity index (χ4n) is 1.12. The van der Waals surface area contributed by atoms with E-state index in [1.54, 1.807) is 0 Å². The van der Waals surface area contributed by atoms with Gasteiger partial charge in [0.15, 0.2) is 0 Å². The van der Waals surface area contributed by atoms with Crippen LogP contribution in [0.3, 0.4) is 0 Å². The maximum Gasteiger partial charge on any atom is 0.344 e. The molecule has 0 aliphatic carbocycles. The molecule has 0 bridgehead atoms. The maximum absolute atomic E-state index is 10.9. The topological polar surface area (TPSA) is 79.7 Å². The number of pyridine rings is 1. The van der Waals surface area contributed by atoms with Crippen molar-refractivity contribution in [3.63, 3.8) is 0 Å². The van der Waals surface area contributed by atoms with Crippen LogP contribution in [0.2, 0.25) is 0 Å². The molecule has 0 atom stereocenters. The number of aromatic hydroxyl groups is 2. The summed E-state index contributed by atoms with van der Waals surface area (Å²) < 4.78 is 4.61. The van der Waals surface area contributed by atoms with Crippen LogP contribution < -0.4 is 0 Å². The molecule has 0 fully saturated rings. The normalized spacial score (nSPS) is 14.2. The van der Waals surface area contributed by atoms with E-state index >= 15 is 0 Å². The van der Waals surface area contributed by atoms with Gasteiger partial charge < -0.3 is 14.9 Å². The fourth-order valence-corrected chi connectivity index (χ4v) is 1.12. The first-order valence-electron chi connectivity index (χ1n) is 3.27. The van der Waals surface area contributed by atoms with Crippen molar-refractivity contribution in [2.45, 2.75) is 6.61 Å². The Morgan fingerprint density at radius 1 is 1.50 bits per heavy atom. The largest absolute Gasteiger partial charge is 0.493 e. The number of esters is 1. The molecule has 62 valence electrons. The van der Waals surface area contributed by atoms with Gasteiger partial charge in [0.25, 0.3) is 0 Å². The molecule has 2 N–H and O–H groups in total. The van der Waals surface area contributed by atoms with Crippen LogP contribution in [-0.4, -0.2) is 21.2 Å². The van der Waals surface area contributed by atoms with Crippen molar-refractivity contribution in [1.82, 2.24) is 4.98 Å². The highest BCUT2D eigenvalue weighted by Gasteiger charge is 2.26. The molecule has 1 aromatic rings. The van der Waals surface area contributed by atoms with E-state index in [0.717, 1.165) is 0 Å². The first kappa shape index (κ1) is 6.90. The maximum atomic E-state index is 10.9. The van der Waals surface area contributed by atoms with Crippen molar-refractivity contribution in [3.05, 3.63) is 17.2 Å². The minimum atomic E-state index is -0.602. The number of nitrogens with zero attached hydrogens (tertiary/aromatic N) is 1. The molecular weight excluding hydrogens is 162 g/mol. The van der Waals surface area contributed by atoms with Gasteiger partial charge in [0.05, 0.1) is 0 Å². The highest BCUT2D eigenvalue weighted by molar-refractivity contribution is 5.95. The predicted octanol–water partition coefficient (Wildman–Crippen LogP) is 0.163. The van der Waals surface area contributed by atoms with Crippen LogP contribution in [0.25, 0.3) is 0 Å². The summed E-state index contributed by atoms with van der Waals surface area (Å²) in [6, 6.07) is 1.29. The second kappa shape index (κ2) is 2.10. The molecule has 5 nitrogen and oxygen atoms in total. The Labute approximate surface area is 67.2 Å². The number of rotatable bonds is 0. The van der Waals surface area contributed by atoms with Crippen molar-refractivity contribution in [2.75, 3.05) is 0 Å². The van der Waals surface area contributed by atoms with E-state index in [1.165, 1.54) is 6.07 Å². The SMILES string of the molecule is O=C1OCc2cc(O)nc(O)c21. The van der Waals surface area contributed by atoms with Gasteiger partial charge in [-0.1, -0.05) is 0 Å². The summed E-state index contributed by atoms with van der Waals surface area (Å²) in [5.74, 6) is -1.40. The molecule has 0 saturated heterocycles. The van der Waals surface area contributed by atoms with E-state index in [9.17, 15) is 4.79 Å². The lowest BCUT2D eigenvalue weighted by molar-refractivity contribution is 0.0533. The number of fused-ring (bicyclic) bond motifs is 1. The summed E-state index contributed by atoms with van der Waals surface area (Å²) in [5.41, 5.74) is 0.512. The van der Waals surface area contributed by atoms with Crippen LogP contribution in [0.15, 0.2) is 6.07 Å². The summed E-state index contributed by atoms with van der Waals surface area (Å²) in [6.45, 7) is 0.0812. The Morgan fingerprint density at radius 3 is 3.00 bits per heavy atom. The summed E-state index contributed by atoms with van der Waals surface area (Å²) in [7, 11) is 0. The lowest BCUT2D eigenvalue weighted by Crippen LogP contribution is -1.95. The minimum absolute atomic E-state index is 0.0489. The van der Waals surface area contributed by atoms with E-state index in [0.29, 0.717) is 5.56 Å². The molecular formula is C7H5NO4. The van der Waals surface area contributed by atoms with Gasteiger partial charge in [-0.3, -0.25) is 0 Å². The molecule has 0 saturated carbocycles. The van der Waals surface area contributed by atoms with Crippen LogP contribution in [0.5, 0.6) is 11.8 Å². The van der Waals surface area contributed by atoms with Crippen LogP contribution in [0, 0.1) is 0 Å². The molecule has 0 radical (unpaired) electrons. The third kappa shape index (κ3) is 0.795. The highest BCUT2D eigenvalue weighted by Crippen LogP contribution is 2.29. The quantitative estimate of drug-likeness (QED) is 0.538. The molecule has 2 heterocycles. The third-order valence-corrected chi connectivity index (χ3v) is 1.63. The van der Waals surface area contributed by atoms with E-state index in [1.807, 2.05) is 0 Å². The van der Waals surface area contributed by atoms with Gasteiger partial charge in [0.1, 0.15) is 12.2 Å². The Bertz CT molecular complexity index is 361. The van der Waals surface area contributed by atoms with Gasteiger partial charge >= 0.3 is 5.97 Å². The first-order valence-corrected chi connectivity index (χ1v) is 3.27. The zero-order valence-electron chi connectivity index (χ0n) is 5.94. The molecule has 1 aromatic heterocycles. The first-order chi connectivity index (χ1) is 5.68. The van der Waals surface area contributed by atoms with Crippen molar-refractivity contribution < 1.29 is 19.7 Å². The molecule has 1 aliphatic heterocycles. The molecule has 12 heavy (non-hydrogen) atoms. The Morgan fingerprint density at radius 2 is 2.25 bits per heavy atom. The van der Waals surface area contributed by atoms with Crippen LogP contribution in [0.4, 0.5) is 0 Å². The average Bonchev–Trinajstić information content (AvgIpc) is 2.31. The van der Waals surface area contributed by atoms with Crippen LogP contribution in [-0.2, 0) is 11.3 Å². The van der Waals surface area contributed by atoms with Gasteiger partial charge in [0, 0.05) is 11.6 Å². The summed E-state index contributed by atoms with van der Waals surface area (Å²) >= 11 is 0. The smallest absolute Gasteiger partial charge is 0.344 e. The van der Waals surface area contributed by atoms with E-state index < -0.39 is 11.8 Å². The van der Waals surface area contributed by atoms with Crippen LogP contribution >= 0.6 is 0 Å². The number of hydrogen-bond acceptors (Lipinski definition) is 5. The van der Waals surface area contributed by atoms with Crippen molar-refractivity contribution in [3.8, 4) is 11.8 Å². The van der Waals surface area contributed by atoms with Gasteiger partial charge in [-0.05, 0) is 0 Å². The molecule has 1 aliphatic rings. The molecule has 0 spiro atoms. The second-order valence-corrected chi connectivity index (χ2v) is 2.41. The zero-order chi connectivity index (χ0) is 8.72. The van der Waals surface area contributed by atoms with Gasteiger partial charge in [-0.2, -0.15) is 4.98 Å². The standard InChI is InChI=1S/C7H5NO4/c9-4-1-3-2-12-7(11)5(3)6(10)8-4/h1H,2H2,(H2,8,9,10). The summed E-state index contributed by atoms with van der Waals surface area (Å²) in [4.78, 5) is 14.2. The molecule has 5 heteroatoms. The van der Waals surface area contributed by atoms with Gasteiger partial charge in [-0.15, -0.1) is 0 Å². The fraction of sp³-hybridized carbons (Fsp3) is 0.143. The Hall–Kier alpha value is -1.78. The van der Waals surface area contributed by atoms with E-state index in [2.05, 4.69) is 9.72 Å². The monoisotopic (exact) mass is 167 g/mol. The van der Waals surface area contributed by atoms with E-state index in [-0.39, 0.29) is 18.1 Å². The molecule has 0 aromatic carbocycles. The van der Waals surface area contributed by atoms with Gasteiger partial charge in [0.2, 0.25) is 11.8 Å². The lowest BCUT2D eigenvalue weighted by Gasteiger charge is -1.97. The summed E-state index contributed by atoms with van der Waals surface area (Å²) in [6.07, 6.45) is 0. The van der Waals surface area contributed by atoms with Crippen molar-refractivity contribution >= 4 is 5.97 Å². The number of ether oxygens (including phenoxy) is 1. The number of carbonyl (C=O) groups is 1. The predicted molar refractivity (Wildman–Crippen MR) is 36.7 cm³/mol. The number of aromatic nitrogens is 1. The number of carbonyl (C=O) groups excluding carboxylic acids is 1. The van der Waals surface area contributed by atoms with Crippen molar-refractivity contribution in [2.24, 2.45) is 0 Å². The average molecular weight is 167 g/mol. The van der Waals surface area contributed by atoms with Gasteiger partial charge in [-0.25, -0.2) is 4.79 Å². The minimum Gasteiger partial charge on any atom is -0.493 e. The zero-order valence-corrected chi connectivity index (χ0v) is 5.94. The third-order valence-electron chi connectivity index (χ3n) is 1.63. The molecule has 2 rings (SSSR count). The molecule has 0 unspecified atom stereocenters. The molecule has 0 amide bonds. The summed E-state index contributed by atoms with van der Waals surface area (Å²) in [5, 5.41) is 18.0. The number of hydrogen-bond donors (Lipinski definition) is 2. The second-order valence-electron chi connectivity index (χ2n) is 2.41.